The molecular weight excluding hydrogens is 282 g/mol. The van der Waals surface area contributed by atoms with Crippen molar-refractivity contribution in [3.63, 3.8) is 0 Å². The number of ketones is 1. The van der Waals surface area contributed by atoms with Gasteiger partial charge >= 0.3 is 0 Å². The van der Waals surface area contributed by atoms with Crippen LogP contribution in [0.25, 0.3) is 0 Å². The van der Waals surface area contributed by atoms with Gasteiger partial charge in [-0.05, 0) is 36.4 Å². The Bertz CT molecular complexity index is 565. The highest BCUT2D eigenvalue weighted by Gasteiger charge is 2.12. The lowest BCUT2D eigenvalue weighted by Gasteiger charge is -2.18. The van der Waals surface area contributed by atoms with E-state index < -0.39 is 0 Å². The van der Waals surface area contributed by atoms with Crippen LogP contribution in [0.3, 0.4) is 0 Å². The van der Waals surface area contributed by atoms with Crippen molar-refractivity contribution in [3.8, 4) is 5.75 Å². The summed E-state index contributed by atoms with van der Waals surface area (Å²) in [6.07, 6.45) is 0. The largest absolute Gasteiger partial charge is 0.497 e. The quantitative estimate of drug-likeness (QED) is 0.787. The number of carbonyl (C=O) groups excluding carboxylic acids is 1. The molecule has 0 bridgehead atoms. The first-order chi connectivity index (χ1) is 9.10. The Morgan fingerprint density at radius 1 is 1.26 bits per heavy atom. The van der Waals surface area contributed by atoms with E-state index in [1.807, 2.05) is 36.2 Å². The van der Waals surface area contributed by atoms with Crippen LogP contribution in [0.15, 0.2) is 36.4 Å². The molecule has 0 aliphatic carbocycles. The number of Topliss-reactive ketones (excluding diaryl/α,β-unsaturated/α-hetero) is 1. The zero-order chi connectivity index (χ0) is 13.8. The average molecular weight is 296 g/mol. The fraction of sp³-hybridized carbons (Fsp3) is 0.214. The van der Waals surface area contributed by atoms with Gasteiger partial charge in [0.15, 0.2) is 5.78 Å². The Morgan fingerprint density at radius 3 is 2.47 bits per heavy atom. The van der Waals surface area contributed by atoms with Gasteiger partial charge in [-0.3, -0.25) is 4.79 Å². The molecule has 0 saturated carbocycles. The van der Waals surface area contributed by atoms with Crippen molar-refractivity contribution < 1.29 is 9.53 Å². The summed E-state index contributed by atoms with van der Waals surface area (Å²) in [6, 6.07) is 11.1. The number of halogens is 1. The van der Waals surface area contributed by atoms with Crippen molar-refractivity contribution in [3.05, 3.63) is 45.6 Å². The molecule has 0 N–H and O–H groups in total. The van der Waals surface area contributed by atoms with Gasteiger partial charge in [-0.25, -0.2) is 0 Å². The topological polar surface area (TPSA) is 29.5 Å². The third kappa shape index (κ3) is 3.49. The maximum Gasteiger partial charge on any atom is 0.192 e. The molecule has 0 amide bonds. The van der Waals surface area contributed by atoms with Crippen LogP contribution in [0.1, 0.15) is 9.67 Å². The molecule has 1 aromatic carbocycles. The van der Waals surface area contributed by atoms with E-state index in [1.54, 1.807) is 19.2 Å². The highest BCUT2D eigenvalue weighted by molar-refractivity contribution is 7.18. The van der Waals surface area contributed by atoms with Crippen molar-refractivity contribution in [2.75, 3.05) is 25.6 Å². The minimum atomic E-state index is 0.0650. The van der Waals surface area contributed by atoms with Gasteiger partial charge in [-0.1, -0.05) is 11.6 Å². The minimum absolute atomic E-state index is 0.0650. The van der Waals surface area contributed by atoms with Crippen molar-refractivity contribution in [2.24, 2.45) is 0 Å². The summed E-state index contributed by atoms with van der Waals surface area (Å²) in [5.41, 5.74) is 0.969. The number of thiophene rings is 1. The minimum Gasteiger partial charge on any atom is -0.497 e. The first-order valence-corrected chi connectivity index (χ1v) is 6.93. The van der Waals surface area contributed by atoms with Crippen LogP contribution >= 0.6 is 22.9 Å². The van der Waals surface area contributed by atoms with E-state index in [0.29, 0.717) is 15.8 Å². The molecule has 0 fully saturated rings. The van der Waals surface area contributed by atoms with E-state index in [2.05, 4.69) is 0 Å². The highest BCUT2D eigenvalue weighted by atomic mass is 35.5. The van der Waals surface area contributed by atoms with E-state index >= 15 is 0 Å². The predicted octanol–water partition coefficient (Wildman–Crippen LogP) is 3.73. The normalized spacial score (nSPS) is 10.3. The fourth-order valence-electron chi connectivity index (χ4n) is 1.69. The fourth-order valence-corrected chi connectivity index (χ4v) is 2.66. The average Bonchev–Trinajstić information content (AvgIpc) is 2.85. The van der Waals surface area contributed by atoms with E-state index in [9.17, 15) is 4.79 Å². The Labute approximate surface area is 121 Å². The van der Waals surface area contributed by atoms with E-state index in [1.165, 1.54) is 11.3 Å². The summed E-state index contributed by atoms with van der Waals surface area (Å²) in [4.78, 5) is 14.6. The number of likely N-dealkylation sites (N-methyl/N-ethyl adjacent to an activating group) is 1. The summed E-state index contributed by atoms with van der Waals surface area (Å²) < 4.78 is 5.74. The van der Waals surface area contributed by atoms with E-state index in [4.69, 9.17) is 16.3 Å². The Hall–Kier alpha value is -1.52. The Balaban J connectivity index is 2.03. The van der Waals surface area contributed by atoms with E-state index in [-0.39, 0.29) is 5.78 Å². The smallest absolute Gasteiger partial charge is 0.192 e. The maximum absolute atomic E-state index is 12.1. The van der Waals surface area contributed by atoms with Crippen molar-refractivity contribution in [2.45, 2.75) is 0 Å². The van der Waals surface area contributed by atoms with Crippen LogP contribution in [0.4, 0.5) is 5.69 Å². The molecular formula is C14H14ClNO2S. The number of anilines is 1. The summed E-state index contributed by atoms with van der Waals surface area (Å²) in [6.45, 7) is 0.323. The molecule has 0 aliphatic rings. The van der Waals surface area contributed by atoms with Gasteiger partial charge in [0.05, 0.1) is 22.9 Å². The van der Waals surface area contributed by atoms with Gasteiger partial charge in [0.25, 0.3) is 0 Å². The first-order valence-electron chi connectivity index (χ1n) is 5.74. The second-order valence-electron chi connectivity index (χ2n) is 4.08. The van der Waals surface area contributed by atoms with Crippen molar-refractivity contribution >= 4 is 34.4 Å². The summed E-state index contributed by atoms with van der Waals surface area (Å²) in [5, 5.41) is 0. The molecule has 0 aliphatic heterocycles. The number of carbonyl (C=O) groups is 1. The van der Waals surface area contributed by atoms with E-state index in [0.717, 1.165) is 11.4 Å². The molecule has 0 radical (unpaired) electrons. The molecule has 5 heteroatoms. The van der Waals surface area contributed by atoms with Crippen LogP contribution in [0.5, 0.6) is 5.75 Å². The molecule has 1 heterocycles. The highest BCUT2D eigenvalue weighted by Crippen LogP contribution is 2.23. The van der Waals surface area contributed by atoms with Crippen LogP contribution < -0.4 is 9.64 Å². The lowest BCUT2D eigenvalue weighted by atomic mass is 10.2. The van der Waals surface area contributed by atoms with Crippen molar-refractivity contribution in [1.29, 1.82) is 0 Å². The van der Waals surface area contributed by atoms with Crippen LogP contribution in [0, 0.1) is 0 Å². The Morgan fingerprint density at radius 2 is 1.95 bits per heavy atom. The van der Waals surface area contributed by atoms with Gasteiger partial charge in [0, 0.05) is 12.7 Å². The molecule has 0 atom stereocenters. The number of rotatable bonds is 5. The summed E-state index contributed by atoms with van der Waals surface area (Å²) in [5.74, 6) is 0.865. The van der Waals surface area contributed by atoms with Crippen LogP contribution in [-0.4, -0.2) is 26.5 Å². The molecule has 3 nitrogen and oxygen atoms in total. The van der Waals surface area contributed by atoms with Crippen LogP contribution in [0.2, 0.25) is 4.34 Å². The molecule has 2 aromatic rings. The number of ether oxygens (including phenoxy) is 1. The first kappa shape index (κ1) is 13.9. The predicted molar refractivity (Wildman–Crippen MR) is 79.9 cm³/mol. The third-order valence-corrected chi connectivity index (χ3v) is 4.01. The second-order valence-corrected chi connectivity index (χ2v) is 5.80. The van der Waals surface area contributed by atoms with Gasteiger partial charge in [0.1, 0.15) is 5.75 Å². The maximum atomic E-state index is 12.1. The monoisotopic (exact) mass is 295 g/mol. The SMILES string of the molecule is COc1ccc(N(C)CC(=O)c2ccc(Cl)s2)cc1. The summed E-state index contributed by atoms with van der Waals surface area (Å²) >= 11 is 7.14. The van der Waals surface area contributed by atoms with Gasteiger partial charge in [-0.2, -0.15) is 0 Å². The number of benzene rings is 1. The third-order valence-electron chi connectivity index (χ3n) is 2.74. The van der Waals surface area contributed by atoms with Crippen molar-refractivity contribution in [1.82, 2.24) is 0 Å². The summed E-state index contributed by atoms with van der Waals surface area (Å²) in [7, 11) is 3.51. The second kappa shape index (κ2) is 6.08. The Kier molecular flexibility index (Phi) is 4.45. The zero-order valence-corrected chi connectivity index (χ0v) is 12.3. The van der Waals surface area contributed by atoms with Gasteiger partial charge in [-0.15, -0.1) is 11.3 Å². The van der Waals surface area contributed by atoms with Gasteiger partial charge in [0.2, 0.25) is 0 Å². The molecule has 0 spiro atoms. The van der Waals surface area contributed by atoms with Gasteiger partial charge < -0.3 is 9.64 Å². The standard InChI is InChI=1S/C14H14ClNO2S/c1-16(10-3-5-11(18-2)6-4-10)9-12(17)13-7-8-14(15)19-13/h3-8H,9H2,1-2H3. The molecule has 1 aromatic heterocycles. The molecule has 0 unspecified atom stereocenters. The lowest BCUT2D eigenvalue weighted by molar-refractivity contribution is 0.100. The van der Waals surface area contributed by atoms with Crippen LogP contribution in [-0.2, 0) is 0 Å². The number of methoxy groups -OCH3 is 1. The number of nitrogens with zero attached hydrogens (tertiary/aromatic N) is 1. The molecule has 2 rings (SSSR count). The zero-order valence-electron chi connectivity index (χ0n) is 10.7. The molecule has 0 saturated heterocycles. The molecule has 19 heavy (non-hydrogen) atoms. The lowest BCUT2D eigenvalue weighted by Crippen LogP contribution is -2.25. The molecule has 100 valence electrons. The number of hydrogen-bond donors (Lipinski definition) is 0. The number of hydrogen-bond acceptors (Lipinski definition) is 4.